The van der Waals surface area contributed by atoms with E-state index in [1.165, 1.54) is 5.56 Å². The minimum atomic E-state index is 0.510. The van der Waals surface area contributed by atoms with E-state index in [1.54, 1.807) is 0 Å². The fraction of sp³-hybridized carbons (Fsp3) is 0.133. The van der Waals surface area contributed by atoms with Crippen molar-refractivity contribution in [1.82, 2.24) is 4.98 Å². The van der Waals surface area contributed by atoms with Crippen LogP contribution in [0.25, 0.3) is 22.6 Å². The molecule has 0 fully saturated rings. The Labute approximate surface area is 105 Å². The summed E-state index contributed by atoms with van der Waals surface area (Å²) in [6.45, 7) is 2.57. The van der Waals surface area contributed by atoms with Gasteiger partial charge in [-0.3, -0.25) is 0 Å². The summed E-state index contributed by atoms with van der Waals surface area (Å²) >= 11 is 0. The summed E-state index contributed by atoms with van der Waals surface area (Å²) in [6, 6.07) is 14.0. The van der Waals surface area contributed by atoms with Crippen LogP contribution in [0.15, 0.2) is 46.9 Å². The number of hydrogen-bond acceptors (Lipinski definition) is 3. The second-order valence-corrected chi connectivity index (χ2v) is 4.39. The quantitative estimate of drug-likeness (QED) is 0.745. The van der Waals surface area contributed by atoms with Crippen LogP contribution in [0.1, 0.15) is 11.1 Å². The van der Waals surface area contributed by atoms with E-state index in [0.29, 0.717) is 12.4 Å². The molecule has 0 atom stereocenters. The first-order valence-electron chi connectivity index (χ1n) is 5.93. The maximum Gasteiger partial charge on any atom is 0.227 e. The van der Waals surface area contributed by atoms with Gasteiger partial charge in [-0.2, -0.15) is 0 Å². The molecule has 0 radical (unpaired) electrons. The largest absolute Gasteiger partial charge is 0.436 e. The Kier molecular flexibility index (Phi) is 2.61. The number of nitrogens with zero attached hydrogens (tertiary/aromatic N) is 1. The molecule has 0 saturated carbocycles. The molecule has 0 spiro atoms. The van der Waals surface area contributed by atoms with Crippen molar-refractivity contribution >= 4 is 11.1 Å². The minimum Gasteiger partial charge on any atom is -0.436 e. The van der Waals surface area contributed by atoms with Crippen molar-refractivity contribution < 1.29 is 4.42 Å². The van der Waals surface area contributed by atoms with Gasteiger partial charge < -0.3 is 10.2 Å². The van der Waals surface area contributed by atoms with Crippen molar-refractivity contribution in [2.24, 2.45) is 5.73 Å². The van der Waals surface area contributed by atoms with Crippen LogP contribution >= 0.6 is 0 Å². The Morgan fingerprint density at radius 1 is 1.11 bits per heavy atom. The molecule has 3 nitrogen and oxygen atoms in total. The second-order valence-electron chi connectivity index (χ2n) is 4.39. The summed E-state index contributed by atoms with van der Waals surface area (Å²) in [5, 5.41) is 0. The molecule has 1 heterocycles. The third-order valence-corrected chi connectivity index (χ3v) is 2.99. The van der Waals surface area contributed by atoms with Crippen molar-refractivity contribution in [3.63, 3.8) is 0 Å². The highest BCUT2D eigenvalue weighted by Crippen LogP contribution is 2.25. The molecular formula is C15H14N2O. The summed E-state index contributed by atoms with van der Waals surface area (Å²) in [5.41, 5.74) is 10.5. The molecule has 2 aromatic carbocycles. The molecule has 0 bridgehead atoms. The lowest BCUT2D eigenvalue weighted by molar-refractivity contribution is 0.619. The molecule has 3 aromatic rings. The predicted molar refractivity (Wildman–Crippen MR) is 72.1 cm³/mol. The van der Waals surface area contributed by atoms with Crippen LogP contribution in [-0.4, -0.2) is 4.98 Å². The maximum atomic E-state index is 5.77. The lowest BCUT2D eigenvalue weighted by Gasteiger charge is -1.95. The predicted octanol–water partition coefficient (Wildman–Crippen LogP) is 3.26. The molecule has 90 valence electrons. The molecule has 18 heavy (non-hydrogen) atoms. The smallest absolute Gasteiger partial charge is 0.227 e. The van der Waals surface area contributed by atoms with E-state index in [2.05, 4.69) is 24.0 Å². The van der Waals surface area contributed by atoms with Crippen molar-refractivity contribution in [1.29, 1.82) is 0 Å². The van der Waals surface area contributed by atoms with E-state index in [1.807, 2.05) is 30.3 Å². The number of oxazole rings is 1. The van der Waals surface area contributed by atoms with E-state index >= 15 is 0 Å². The molecular weight excluding hydrogens is 224 g/mol. The van der Waals surface area contributed by atoms with E-state index < -0.39 is 0 Å². The zero-order valence-corrected chi connectivity index (χ0v) is 10.2. The third-order valence-electron chi connectivity index (χ3n) is 2.99. The first kappa shape index (κ1) is 11.0. The Balaban J connectivity index is 2.10. The Bertz CT molecular complexity index is 683. The molecule has 0 saturated heterocycles. The van der Waals surface area contributed by atoms with Gasteiger partial charge in [-0.25, -0.2) is 4.98 Å². The molecule has 0 aliphatic rings. The van der Waals surface area contributed by atoms with E-state index in [9.17, 15) is 0 Å². The summed E-state index contributed by atoms with van der Waals surface area (Å²) < 4.78 is 5.77. The molecule has 1 aromatic heterocycles. The van der Waals surface area contributed by atoms with Gasteiger partial charge in [-0.15, -0.1) is 0 Å². The number of aromatic nitrogens is 1. The lowest BCUT2D eigenvalue weighted by atomic mass is 10.1. The number of aryl methyl sites for hydroxylation is 1. The number of rotatable bonds is 2. The average molecular weight is 238 g/mol. The van der Waals surface area contributed by atoms with E-state index in [-0.39, 0.29) is 0 Å². The van der Waals surface area contributed by atoms with Gasteiger partial charge in [0, 0.05) is 12.1 Å². The molecule has 3 heteroatoms. The molecule has 0 amide bonds. The second kappa shape index (κ2) is 4.27. The Hall–Kier alpha value is -2.13. The molecule has 3 rings (SSSR count). The summed E-state index contributed by atoms with van der Waals surface area (Å²) in [4.78, 5) is 4.48. The SMILES string of the molecule is Cc1ccc(-c2nc3ccc(CN)cc3o2)cc1. The van der Waals surface area contributed by atoms with Crippen LogP contribution in [0.5, 0.6) is 0 Å². The van der Waals surface area contributed by atoms with Gasteiger partial charge in [0.25, 0.3) is 0 Å². The van der Waals surface area contributed by atoms with Crippen LogP contribution in [-0.2, 0) is 6.54 Å². The molecule has 2 N–H and O–H groups in total. The highest BCUT2D eigenvalue weighted by atomic mass is 16.3. The summed E-state index contributed by atoms with van der Waals surface area (Å²) in [7, 11) is 0. The zero-order valence-electron chi connectivity index (χ0n) is 10.2. The molecule has 0 unspecified atom stereocenters. The van der Waals surface area contributed by atoms with Gasteiger partial charge in [0.2, 0.25) is 5.89 Å². The average Bonchev–Trinajstić information content (AvgIpc) is 2.82. The topological polar surface area (TPSA) is 52.0 Å². The number of nitrogens with two attached hydrogens (primary N) is 1. The van der Waals surface area contributed by atoms with Gasteiger partial charge >= 0.3 is 0 Å². The van der Waals surface area contributed by atoms with Crippen LogP contribution in [0.3, 0.4) is 0 Å². The highest BCUT2D eigenvalue weighted by Gasteiger charge is 2.08. The van der Waals surface area contributed by atoms with Gasteiger partial charge in [0.15, 0.2) is 5.58 Å². The number of fused-ring (bicyclic) bond motifs is 1. The van der Waals surface area contributed by atoms with Crippen molar-refractivity contribution in [3.8, 4) is 11.5 Å². The lowest BCUT2D eigenvalue weighted by Crippen LogP contribution is -1.94. The maximum absolute atomic E-state index is 5.77. The van der Waals surface area contributed by atoms with Crippen molar-refractivity contribution in [2.45, 2.75) is 13.5 Å². The third kappa shape index (κ3) is 1.89. The van der Waals surface area contributed by atoms with Gasteiger partial charge in [-0.05, 0) is 36.8 Å². The van der Waals surface area contributed by atoms with Crippen molar-refractivity contribution in [2.75, 3.05) is 0 Å². The van der Waals surface area contributed by atoms with Crippen molar-refractivity contribution in [3.05, 3.63) is 53.6 Å². The molecule has 0 aliphatic heterocycles. The van der Waals surface area contributed by atoms with Crippen LogP contribution in [0.4, 0.5) is 0 Å². The number of hydrogen-bond donors (Lipinski definition) is 1. The normalized spacial score (nSPS) is 11.0. The summed E-state index contributed by atoms with van der Waals surface area (Å²) in [5.74, 6) is 0.652. The van der Waals surface area contributed by atoms with E-state index in [0.717, 1.165) is 22.2 Å². The molecule has 0 aliphatic carbocycles. The fourth-order valence-corrected chi connectivity index (χ4v) is 1.92. The standard InChI is InChI=1S/C15H14N2O/c1-10-2-5-12(6-3-10)15-17-13-7-4-11(9-16)8-14(13)18-15/h2-8H,9,16H2,1H3. The summed E-state index contributed by atoms with van der Waals surface area (Å²) in [6.07, 6.45) is 0. The monoisotopic (exact) mass is 238 g/mol. The first-order valence-corrected chi connectivity index (χ1v) is 5.93. The Morgan fingerprint density at radius 2 is 1.89 bits per heavy atom. The van der Waals surface area contributed by atoms with Crippen LogP contribution < -0.4 is 5.73 Å². The highest BCUT2D eigenvalue weighted by molar-refractivity contribution is 5.76. The van der Waals surface area contributed by atoms with Crippen LogP contribution in [0.2, 0.25) is 0 Å². The van der Waals surface area contributed by atoms with Crippen LogP contribution in [0, 0.1) is 6.92 Å². The first-order chi connectivity index (χ1) is 8.76. The fourth-order valence-electron chi connectivity index (χ4n) is 1.92. The number of benzene rings is 2. The van der Waals surface area contributed by atoms with E-state index in [4.69, 9.17) is 10.2 Å². The zero-order chi connectivity index (χ0) is 12.5. The van der Waals surface area contributed by atoms with Gasteiger partial charge in [0.1, 0.15) is 5.52 Å². The van der Waals surface area contributed by atoms with Gasteiger partial charge in [-0.1, -0.05) is 23.8 Å². The van der Waals surface area contributed by atoms with Gasteiger partial charge in [0.05, 0.1) is 0 Å². The Morgan fingerprint density at radius 3 is 2.61 bits per heavy atom. The minimum absolute atomic E-state index is 0.510.